The fraction of sp³-hybridized carbons (Fsp3) is 0.500. The molecule has 102 valence electrons. The molecule has 0 spiro atoms. The van der Waals surface area contributed by atoms with Crippen LogP contribution in [0.15, 0.2) is 24.5 Å². The molecule has 1 unspecified atom stereocenters. The van der Waals surface area contributed by atoms with Crippen molar-refractivity contribution >= 4 is 5.91 Å². The summed E-state index contributed by atoms with van der Waals surface area (Å²) in [6.07, 6.45) is 4.43. The molecule has 5 nitrogen and oxygen atoms in total. The minimum Gasteiger partial charge on any atom is -0.337 e. The second kappa shape index (κ2) is 8.22. The number of nitriles is 1. The average molecular weight is 260 g/mol. The molecule has 1 atom stereocenters. The largest absolute Gasteiger partial charge is 0.337 e. The zero-order valence-electron chi connectivity index (χ0n) is 11.2. The molecule has 1 rings (SSSR count). The van der Waals surface area contributed by atoms with Crippen LogP contribution in [0.25, 0.3) is 0 Å². The Morgan fingerprint density at radius 1 is 1.63 bits per heavy atom. The molecule has 0 bridgehead atoms. The van der Waals surface area contributed by atoms with Gasteiger partial charge in [-0.3, -0.25) is 9.78 Å². The average Bonchev–Trinajstić information content (AvgIpc) is 2.44. The Labute approximate surface area is 114 Å². The first kappa shape index (κ1) is 15.1. The van der Waals surface area contributed by atoms with Gasteiger partial charge < -0.3 is 10.6 Å². The summed E-state index contributed by atoms with van der Waals surface area (Å²) in [5, 5.41) is 8.68. The molecule has 1 aromatic rings. The number of pyridine rings is 1. The molecule has 0 aliphatic rings. The molecular weight excluding hydrogens is 240 g/mol. The number of hydrogen-bond acceptors (Lipinski definition) is 4. The first-order chi connectivity index (χ1) is 9.19. The lowest BCUT2D eigenvalue weighted by Gasteiger charge is -2.25. The SMILES string of the molecule is CC(CCN)C(=O)N(CCC#N)Cc1cccnc1. The predicted octanol–water partition coefficient (Wildman–Crippen LogP) is 1.31. The van der Waals surface area contributed by atoms with Crippen molar-refractivity contribution in [3.63, 3.8) is 0 Å². The van der Waals surface area contributed by atoms with Crippen molar-refractivity contribution in [1.29, 1.82) is 5.26 Å². The third-order valence-corrected chi connectivity index (χ3v) is 2.92. The summed E-state index contributed by atoms with van der Waals surface area (Å²) in [5.41, 5.74) is 6.45. The van der Waals surface area contributed by atoms with Crippen LogP contribution in [0.3, 0.4) is 0 Å². The van der Waals surface area contributed by atoms with Gasteiger partial charge in [-0.2, -0.15) is 5.26 Å². The third-order valence-electron chi connectivity index (χ3n) is 2.92. The lowest BCUT2D eigenvalue weighted by Crippen LogP contribution is -2.36. The number of nitrogens with zero attached hydrogens (tertiary/aromatic N) is 3. The Morgan fingerprint density at radius 3 is 3.00 bits per heavy atom. The van der Waals surface area contributed by atoms with Crippen molar-refractivity contribution in [2.45, 2.75) is 26.3 Å². The van der Waals surface area contributed by atoms with E-state index in [9.17, 15) is 4.79 Å². The zero-order chi connectivity index (χ0) is 14.1. The van der Waals surface area contributed by atoms with Crippen LogP contribution in [-0.4, -0.2) is 28.9 Å². The van der Waals surface area contributed by atoms with E-state index in [-0.39, 0.29) is 11.8 Å². The number of rotatable bonds is 7. The van der Waals surface area contributed by atoms with E-state index >= 15 is 0 Å². The van der Waals surface area contributed by atoms with Crippen LogP contribution < -0.4 is 5.73 Å². The molecule has 0 aromatic carbocycles. The summed E-state index contributed by atoms with van der Waals surface area (Å²) in [5.74, 6) is -0.0649. The minimum absolute atomic E-state index is 0.0459. The summed E-state index contributed by atoms with van der Waals surface area (Å²) in [6.45, 7) is 3.30. The maximum atomic E-state index is 12.3. The van der Waals surface area contributed by atoms with E-state index < -0.39 is 0 Å². The highest BCUT2D eigenvalue weighted by atomic mass is 16.2. The van der Waals surface area contributed by atoms with Gasteiger partial charge in [-0.1, -0.05) is 13.0 Å². The van der Waals surface area contributed by atoms with E-state index in [1.54, 1.807) is 17.3 Å². The standard InChI is InChI=1S/C14H20N4O/c1-12(5-7-16)14(19)18(9-3-6-15)11-13-4-2-8-17-10-13/h2,4,8,10,12H,3,5,7,9,11,16H2,1H3. The van der Waals surface area contributed by atoms with Crippen LogP contribution in [0, 0.1) is 17.2 Å². The molecule has 2 N–H and O–H groups in total. The highest BCUT2D eigenvalue weighted by Crippen LogP contribution is 2.11. The quantitative estimate of drug-likeness (QED) is 0.801. The molecule has 1 heterocycles. The van der Waals surface area contributed by atoms with Gasteiger partial charge in [0.05, 0.1) is 12.5 Å². The second-order valence-corrected chi connectivity index (χ2v) is 4.51. The minimum atomic E-state index is -0.111. The van der Waals surface area contributed by atoms with Crippen molar-refractivity contribution in [3.05, 3.63) is 30.1 Å². The molecular formula is C14H20N4O. The number of nitrogens with two attached hydrogens (primary N) is 1. The summed E-state index contributed by atoms with van der Waals surface area (Å²) in [4.78, 5) is 18.0. The van der Waals surface area contributed by atoms with Crippen molar-refractivity contribution in [2.24, 2.45) is 11.7 Å². The molecule has 0 radical (unpaired) electrons. The van der Waals surface area contributed by atoms with Gasteiger partial charge >= 0.3 is 0 Å². The number of carbonyl (C=O) groups is 1. The highest BCUT2D eigenvalue weighted by molar-refractivity contribution is 5.78. The lowest BCUT2D eigenvalue weighted by molar-refractivity contribution is -0.135. The van der Waals surface area contributed by atoms with Gasteiger partial charge in [0, 0.05) is 31.4 Å². The smallest absolute Gasteiger partial charge is 0.225 e. The molecule has 19 heavy (non-hydrogen) atoms. The van der Waals surface area contributed by atoms with Gasteiger partial charge in [-0.05, 0) is 24.6 Å². The Kier molecular flexibility index (Phi) is 6.55. The molecule has 0 aliphatic carbocycles. The Balaban J connectivity index is 2.71. The molecule has 1 aromatic heterocycles. The van der Waals surface area contributed by atoms with Crippen molar-refractivity contribution < 1.29 is 4.79 Å². The summed E-state index contributed by atoms with van der Waals surface area (Å²) >= 11 is 0. The maximum absolute atomic E-state index is 12.3. The lowest BCUT2D eigenvalue weighted by atomic mass is 10.1. The van der Waals surface area contributed by atoms with Gasteiger partial charge in [0.15, 0.2) is 0 Å². The first-order valence-corrected chi connectivity index (χ1v) is 6.43. The molecule has 5 heteroatoms. The van der Waals surface area contributed by atoms with Gasteiger partial charge in [0.2, 0.25) is 5.91 Å². The van der Waals surface area contributed by atoms with Gasteiger partial charge in [-0.25, -0.2) is 0 Å². The first-order valence-electron chi connectivity index (χ1n) is 6.43. The van der Waals surface area contributed by atoms with Crippen LogP contribution in [0.4, 0.5) is 0 Å². The Bertz CT molecular complexity index is 427. The number of hydrogen-bond donors (Lipinski definition) is 1. The highest BCUT2D eigenvalue weighted by Gasteiger charge is 2.19. The summed E-state index contributed by atoms with van der Waals surface area (Å²) < 4.78 is 0. The normalized spacial score (nSPS) is 11.6. The van der Waals surface area contributed by atoms with Crippen LogP contribution in [0.5, 0.6) is 0 Å². The van der Waals surface area contributed by atoms with E-state index in [2.05, 4.69) is 11.1 Å². The van der Waals surface area contributed by atoms with E-state index in [1.807, 2.05) is 19.1 Å². The van der Waals surface area contributed by atoms with E-state index in [4.69, 9.17) is 11.0 Å². The monoisotopic (exact) mass is 260 g/mol. The molecule has 0 fully saturated rings. The molecule has 0 aliphatic heterocycles. The second-order valence-electron chi connectivity index (χ2n) is 4.51. The fourth-order valence-corrected chi connectivity index (χ4v) is 1.85. The number of amides is 1. The molecule has 0 saturated carbocycles. The number of carbonyl (C=O) groups excluding carboxylic acids is 1. The van der Waals surface area contributed by atoms with E-state index in [0.717, 1.165) is 5.56 Å². The topological polar surface area (TPSA) is 83.0 Å². The van der Waals surface area contributed by atoms with Gasteiger partial charge in [0.1, 0.15) is 0 Å². The van der Waals surface area contributed by atoms with Crippen molar-refractivity contribution in [3.8, 4) is 6.07 Å². The molecule has 1 amide bonds. The van der Waals surface area contributed by atoms with Crippen molar-refractivity contribution in [2.75, 3.05) is 13.1 Å². The van der Waals surface area contributed by atoms with Crippen LogP contribution in [0.2, 0.25) is 0 Å². The predicted molar refractivity (Wildman–Crippen MR) is 72.7 cm³/mol. The summed E-state index contributed by atoms with van der Waals surface area (Å²) in [7, 11) is 0. The number of aromatic nitrogens is 1. The maximum Gasteiger partial charge on any atom is 0.225 e. The van der Waals surface area contributed by atoms with Crippen molar-refractivity contribution in [1.82, 2.24) is 9.88 Å². The van der Waals surface area contributed by atoms with Crippen LogP contribution in [-0.2, 0) is 11.3 Å². The van der Waals surface area contributed by atoms with Gasteiger partial charge in [0.25, 0.3) is 0 Å². The zero-order valence-corrected chi connectivity index (χ0v) is 11.2. The molecule has 0 saturated heterocycles. The third kappa shape index (κ3) is 5.06. The fourth-order valence-electron chi connectivity index (χ4n) is 1.85. The summed E-state index contributed by atoms with van der Waals surface area (Å²) in [6, 6.07) is 5.84. The van der Waals surface area contributed by atoms with Crippen LogP contribution in [0.1, 0.15) is 25.3 Å². The Morgan fingerprint density at radius 2 is 2.42 bits per heavy atom. The van der Waals surface area contributed by atoms with Gasteiger partial charge in [-0.15, -0.1) is 0 Å². The Hall–Kier alpha value is -1.93. The van der Waals surface area contributed by atoms with E-state index in [0.29, 0.717) is 32.5 Å². The van der Waals surface area contributed by atoms with Crippen LogP contribution >= 0.6 is 0 Å². The van der Waals surface area contributed by atoms with E-state index in [1.165, 1.54) is 0 Å².